The molecule has 0 aliphatic carbocycles. The minimum absolute atomic E-state index is 0.326. The zero-order valence-corrected chi connectivity index (χ0v) is 15.8. The highest BCUT2D eigenvalue weighted by Gasteiger charge is 2.15. The lowest BCUT2D eigenvalue weighted by atomic mass is 10.0. The molecular formula is C21H17F2N7. The summed E-state index contributed by atoms with van der Waals surface area (Å²) in [4.78, 5) is 16.1. The van der Waals surface area contributed by atoms with Gasteiger partial charge in [0.05, 0.1) is 16.4 Å². The Kier molecular flexibility index (Phi) is 4.44. The van der Waals surface area contributed by atoms with Crippen molar-refractivity contribution in [3.63, 3.8) is 0 Å². The van der Waals surface area contributed by atoms with Crippen LogP contribution in [0.2, 0.25) is 0 Å². The number of nitrogens with two attached hydrogens (primary N) is 1. The van der Waals surface area contributed by atoms with Crippen LogP contribution in [0.4, 0.5) is 8.78 Å². The van der Waals surface area contributed by atoms with E-state index in [9.17, 15) is 8.78 Å². The van der Waals surface area contributed by atoms with E-state index in [4.69, 9.17) is 5.73 Å². The summed E-state index contributed by atoms with van der Waals surface area (Å²) in [6.45, 7) is 0.626. The number of imidazole rings is 1. The molecule has 0 atom stereocenters. The minimum Gasteiger partial charge on any atom is -0.337 e. The third-order valence-electron chi connectivity index (χ3n) is 4.97. The van der Waals surface area contributed by atoms with Gasteiger partial charge in [0.15, 0.2) is 23.1 Å². The topological polar surface area (TPSA) is 109 Å². The Balaban J connectivity index is 1.59. The maximum Gasteiger partial charge on any atom is 0.181 e. The van der Waals surface area contributed by atoms with Crippen molar-refractivity contribution in [1.29, 1.82) is 0 Å². The average molecular weight is 405 g/mol. The Labute approximate surface area is 169 Å². The molecule has 0 radical (unpaired) electrons. The van der Waals surface area contributed by atoms with E-state index in [0.717, 1.165) is 47.1 Å². The molecule has 0 unspecified atom stereocenters. The Morgan fingerprint density at radius 2 is 1.80 bits per heavy atom. The van der Waals surface area contributed by atoms with Gasteiger partial charge in [-0.05, 0) is 37.1 Å². The predicted molar refractivity (Wildman–Crippen MR) is 109 cm³/mol. The van der Waals surface area contributed by atoms with Crippen LogP contribution in [0.1, 0.15) is 12.0 Å². The summed E-state index contributed by atoms with van der Waals surface area (Å²) < 4.78 is 27.1. The van der Waals surface area contributed by atoms with Crippen molar-refractivity contribution in [3.8, 4) is 22.6 Å². The third-order valence-corrected chi connectivity index (χ3v) is 4.97. The van der Waals surface area contributed by atoms with E-state index >= 15 is 0 Å². The van der Waals surface area contributed by atoms with E-state index in [-0.39, 0.29) is 0 Å². The van der Waals surface area contributed by atoms with Crippen LogP contribution >= 0.6 is 0 Å². The number of fused-ring (bicyclic) bond motifs is 2. The van der Waals surface area contributed by atoms with Crippen LogP contribution in [0.5, 0.6) is 0 Å². The van der Waals surface area contributed by atoms with Crippen LogP contribution in [0, 0.1) is 11.6 Å². The molecule has 0 saturated carbocycles. The summed E-state index contributed by atoms with van der Waals surface area (Å²) in [5, 5.41) is 7.87. The summed E-state index contributed by atoms with van der Waals surface area (Å²) in [7, 11) is 0. The quantitative estimate of drug-likeness (QED) is 0.413. The van der Waals surface area contributed by atoms with Gasteiger partial charge in [0.1, 0.15) is 5.69 Å². The number of pyridine rings is 2. The Morgan fingerprint density at radius 1 is 0.967 bits per heavy atom. The molecule has 30 heavy (non-hydrogen) atoms. The molecule has 0 saturated heterocycles. The lowest BCUT2D eigenvalue weighted by molar-refractivity contribution is 0.510. The fourth-order valence-electron chi connectivity index (χ4n) is 3.45. The van der Waals surface area contributed by atoms with Crippen molar-refractivity contribution in [1.82, 2.24) is 30.1 Å². The first-order valence-corrected chi connectivity index (χ1v) is 9.46. The normalized spacial score (nSPS) is 11.6. The van der Waals surface area contributed by atoms with Crippen molar-refractivity contribution in [2.45, 2.75) is 12.8 Å². The van der Waals surface area contributed by atoms with Gasteiger partial charge >= 0.3 is 0 Å². The number of nitrogens with one attached hydrogen (secondary N) is 2. The molecule has 4 N–H and O–H groups in total. The summed E-state index contributed by atoms with van der Waals surface area (Å²) >= 11 is 0. The molecule has 1 aromatic carbocycles. The molecule has 0 amide bonds. The first-order valence-electron chi connectivity index (χ1n) is 9.46. The van der Waals surface area contributed by atoms with Crippen LogP contribution in [-0.4, -0.2) is 36.7 Å². The first-order chi connectivity index (χ1) is 14.6. The summed E-state index contributed by atoms with van der Waals surface area (Å²) in [6, 6.07) is 6.16. The maximum atomic E-state index is 13.5. The van der Waals surface area contributed by atoms with E-state index in [1.807, 2.05) is 12.3 Å². The number of nitrogens with zero attached hydrogens (tertiary/aromatic N) is 4. The largest absolute Gasteiger partial charge is 0.337 e. The van der Waals surface area contributed by atoms with Crippen LogP contribution in [0.15, 0.2) is 42.9 Å². The molecular weight excluding hydrogens is 388 g/mol. The second-order valence-corrected chi connectivity index (χ2v) is 7.04. The minimum atomic E-state index is -0.944. The zero-order chi connectivity index (χ0) is 20.7. The standard InChI is InChI=1S/C21H17F2N7/c22-15-6-17-18(7-16(15)23)28-21(27-17)19-14-5-13(10-26-20(14)30-29-19)12-4-11(2-1-3-24)8-25-9-12/h4-10H,1-3,24H2,(H,27,28)(H,26,29,30). The van der Waals surface area contributed by atoms with Crippen molar-refractivity contribution in [3.05, 3.63) is 60.1 Å². The van der Waals surface area contributed by atoms with Crippen LogP contribution in [-0.2, 0) is 6.42 Å². The molecule has 5 aromatic rings. The third kappa shape index (κ3) is 3.18. The maximum absolute atomic E-state index is 13.5. The Morgan fingerprint density at radius 3 is 2.67 bits per heavy atom. The van der Waals surface area contributed by atoms with E-state index < -0.39 is 11.6 Å². The van der Waals surface area contributed by atoms with Gasteiger partial charge in [-0.3, -0.25) is 10.1 Å². The lowest BCUT2D eigenvalue weighted by Crippen LogP contribution is -2.00. The summed E-state index contributed by atoms with van der Waals surface area (Å²) in [6.07, 6.45) is 7.10. The molecule has 4 aromatic heterocycles. The Hall–Kier alpha value is -3.72. The van der Waals surface area contributed by atoms with Gasteiger partial charge in [0, 0.05) is 41.9 Å². The molecule has 0 bridgehead atoms. The van der Waals surface area contributed by atoms with Gasteiger partial charge in [0.2, 0.25) is 0 Å². The highest BCUT2D eigenvalue weighted by atomic mass is 19.2. The molecule has 0 aliphatic rings. The number of aryl methyl sites for hydroxylation is 1. The monoisotopic (exact) mass is 405 g/mol. The fraction of sp³-hybridized carbons (Fsp3) is 0.143. The number of hydrogen-bond acceptors (Lipinski definition) is 5. The molecule has 5 rings (SSSR count). The van der Waals surface area contributed by atoms with E-state index in [2.05, 4.69) is 36.2 Å². The molecule has 9 heteroatoms. The molecule has 7 nitrogen and oxygen atoms in total. The van der Waals surface area contributed by atoms with E-state index in [0.29, 0.717) is 34.7 Å². The van der Waals surface area contributed by atoms with Gasteiger partial charge < -0.3 is 10.7 Å². The average Bonchev–Trinajstić information content (AvgIpc) is 3.36. The number of aromatic amines is 2. The van der Waals surface area contributed by atoms with Crippen molar-refractivity contribution >= 4 is 22.1 Å². The number of benzene rings is 1. The van der Waals surface area contributed by atoms with Crippen LogP contribution in [0.25, 0.3) is 44.7 Å². The summed E-state index contributed by atoms with van der Waals surface area (Å²) in [5.74, 6) is -1.45. The smallest absolute Gasteiger partial charge is 0.181 e. The van der Waals surface area contributed by atoms with Crippen LogP contribution in [0.3, 0.4) is 0 Å². The fourth-order valence-corrected chi connectivity index (χ4v) is 3.45. The SMILES string of the molecule is NCCCc1cncc(-c2cnc3n[nH]c(-c4nc5cc(F)c(F)cc5[nH]4)c3c2)c1. The van der Waals surface area contributed by atoms with Crippen molar-refractivity contribution in [2.24, 2.45) is 5.73 Å². The second-order valence-electron chi connectivity index (χ2n) is 7.04. The predicted octanol–water partition coefficient (Wildman–Crippen LogP) is 3.73. The van der Waals surface area contributed by atoms with Gasteiger partial charge in [-0.1, -0.05) is 0 Å². The molecule has 0 fully saturated rings. The number of H-pyrrole nitrogens is 2. The number of rotatable bonds is 5. The van der Waals surface area contributed by atoms with Gasteiger partial charge in [0.25, 0.3) is 0 Å². The lowest BCUT2D eigenvalue weighted by Gasteiger charge is -2.05. The number of halogens is 2. The summed E-state index contributed by atoms with van der Waals surface area (Å²) in [5.41, 5.74) is 10.3. The number of aromatic nitrogens is 6. The first kappa shape index (κ1) is 18.3. The molecule has 0 aliphatic heterocycles. The highest BCUT2D eigenvalue weighted by molar-refractivity contribution is 5.93. The Bertz CT molecular complexity index is 1330. The van der Waals surface area contributed by atoms with E-state index in [1.165, 1.54) is 0 Å². The molecule has 150 valence electrons. The van der Waals surface area contributed by atoms with Gasteiger partial charge in [-0.25, -0.2) is 18.7 Å². The van der Waals surface area contributed by atoms with E-state index in [1.54, 1.807) is 12.4 Å². The molecule has 0 spiro atoms. The van der Waals surface area contributed by atoms with Crippen molar-refractivity contribution in [2.75, 3.05) is 6.54 Å². The highest BCUT2D eigenvalue weighted by Crippen LogP contribution is 2.29. The zero-order valence-electron chi connectivity index (χ0n) is 15.8. The molecule has 4 heterocycles. The number of hydrogen-bond donors (Lipinski definition) is 3. The van der Waals surface area contributed by atoms with Crippen molar-refractivity contribution < 1.29 is 8.78 Å². The van der Waals surface area contributed by atoms with Crippen LogP contribution < -0.4 is 5.73 Å². The van der Waals surface area contributed by atoms with Gasteiger partial charge in [-0.15, -0.1) is 0 Å². The second kappa shape index (κ2) is 7.27. The van der Waals surface area contributed by atoms with Gasteiger partial charge in [-0.2, -0.15) is 5.10 Å².